The number of hydrogen-bond donors (Lipinski definition) is 1. The highest BCUT2D eigenvalue weighted by molar-refractivity contribution is 7.77. The van der Waals surface area contributed by atoms with E-state index in [0.717, 1.165) is 25.9 Å². The van der Waals surface area contributed by atoms with Crippen molar-refractivity contribution in [2.75, 3.05) is 19.8 Å². The zero-order valence-electron chi connectivity index (χ0n) is 7.71. The molecule has 0 saturated carbocycles. The number of hydrogen-bond acceptors (Lipinski definition) is 3. The third-order valence-corrected chi connectivity index (χ3v) is 1.85. The van der Waals surface area contributed by atoms with Crippen LogP contribution in [0.1, 0.15) is 26.7 Å². The normalized spacial score (nSPS) is 13.7. The zero-order valence-corrected chi connectivity index (χ0v) is 8.52. The van der Waals surface area contributed by atoms with Gasteiger partial charge in [-0.05, 0) is 25.9 Å². The Morgan fingerprint density at radius 2 is 1.83 bits per heavy atom. The molecular formula is C7H17N2O2S-. The second-order valence-corrected chi connectivity index (χ2v) is 3.41. The molecule has 5 heteroatoms. The predicted molar refractivity (Wildman–Crippen MR) is 49.1 cm³/mol. The van der Waals surface area contributed by atoms with Crippen molar-refractivity contribution in [1.82, 2.24) is 9.62 Å². The lowest BCUT2D eigenvalue weighted by atomic mass is 10.4. The molecule has 4 nitrogen and oxygen atoms in total. The second kappa shape index (κ2) is 7.67. The van der Waals surface area contributed by atoms with Gasteiger partial charge in [0.25, 0.3) is 0 Å². The summed E-state index contributed by atoms with van der Waals surface area (Å²) in [7, 11) is 0. The minimum Gasteiger partial charge on any atom is -0.760 e. The maximum atomic E-state index is 10.2. The SMILES string of the molecule is CCCN(CCC)CNS(=O)[O-]. The van der Waals surface area contributed by atoms with Crippen LogP contribution >= 0.6 is 0 Å². The summed E-state index contributed by atoms with van der Waals surface area (Å²) in [6, 6.07) is 0. The average molecular weight is 193 g/mol. The Labute approximate surface area is 76.8 Å². The van der Waals surface area contributed by atoms with E-state index in [-0.39, 0.29) is 0 Å². The molecule has 0 amide bonds. The minimum atomic E-state index is -2.13. The first-order valence-corrected chi connectivity index (χ1v) is 5.33. The Hall–Kier alpha value is 0.0300. The number of nitrogens with zero attached hydrogens (tertiary/aromatic N) is 1. The molecule has 1 N–H and O–H groups in total. The fraction of sp³-hybridized carbons (Fsp3) is 1.00. The van der Waals surface area contributed by atoms with E-state index in [1.807, 2.05) is 0 Å². The van der Waals surface area contributed by atoms with Gasteiger partial charge in [0.2, 0.25) is 0 Å². The summed E-state index contributed by atoms with van der Waals surface area (Å²) in [6.07, 6.45) is 2.10. The first-order valence-electron chi connectivity index (χ1n) is 4.25. The van der Waals surface area contributed by atoms with Gasteiger partial charge in [0.15, 0.2) is 0 Å². The van der Waals surface area contributed by atoms with Crippen LogP contribution in [0.2, 0.25) is 0 Å². The van der Waals surface area contributed by atoms with Gasteiger partial charge in [0.1, 0.15) is 0 Å². The van der Waals surface area contributed by atoms with E-state index in [4.69, 9.17) is 0 Å². The Morgan fingerprint density at radius 3 is 2.17 bits per heavy atom. The minimum absolute atomic E-state index is 0.428. The molecule has 0 saturated heterocycles. The van der Waals surface area contributed by atoms with Crippen LogP contribution < -0.4 is 4.72 Å². The van der Waals surface area contributed by atoms with Gasteiger partial charge < -0.3 is 4.55 Å². The van der Waals surface area contributed by atoms with Crippen LogP contribution in [0.4, 0.5) is 0 Å². The Kier molecular flexibility index (Phi) is 7.69. The summed E-state index contributed by atoms with van der Waals surface area (Å²) in [5.74, 6) is 0. The van der Waals surface area contributed by atoms with Crippen LogP contribution in [-0.4, -0.2) is 33.4 Å². The van der Waals surface area contributed by atoms with E-state index in [2.05, 4.69) is 23.5 Å². The van der Waals surface area contributed by atoms with Crippen LogP contribution in [0.25, 0.3) is 0 Å². The van der Waals surface area contributed by atoms with E-state index in [0.29, 0.717) is 6.67 Å². The topological polar surface area (TPSA) is 55.4 Å². The van der Waals surface area contributed by atoms with Crippen molar-refractivity contribution in [1.29, 1.82) is 0 Å². The molecule has 0 heterocycles. The lowest BCUT2D eigenvalue weighted by molar-refractivity contribution is 0.270. The summed E-state index contributed by atoms with van der Waals surface area (Å²) in [5, 5.41) is 0. The first-order chi connectivity index (χ1) is 5.70. The van der Waals surface area contributed by atoms with Crippen molar-refractivity contribution in [2.45, 2.75) is 26.7 Å². The molecule has 0 aromatic carbocycles. The first kappa shape index (κ1) is 12.0. The molecule has 12 heavy (non-hydrogen) atoms. The van der Waals surface area contributed by atoms with E-state index < -0.39 is 11.3 Å². The predicted octanol–water partition coefficient (Wildman–Crippen LogP) is 0.450. The molecule has 74 valence electrons. The Balaban J connectivity index is 3.54. The summed E-state index contributed by atoms with van der Waals surface area (Å²) in [6.45, 7) is 6.47. The lowest BCUT2D eigenvalue weighted by Gasteiger charge is -2.21. The van der Waals surface area contributed by atoms with Crippen LogP contribution in [0.3, 0.4) is 0 Å². The molecule has 0 aromatic heterocycles. The molecule has 0 aliphatic heterocycles. The largest absolute Gasteiger partial charge is 0.760 e. The molecule has 1 unspecified atom stereocenters. The fourth-order valence-electron chi connectivity index (χ4n) is 1.05. The lowest BCUT2D eigenvalue weighted by Crippen LogP contribution is -2.36. The second-order valence-electron chi connectivity index (χ2n) is 2.66. The molecule has 0 radical (unpaired) electrons. The average Bonchev–Trinajstić information content (AvgIpc) is 2.01. The van der Waals surface area contributed by atoms with Crippen molar-refractivity contribution in [2.24, 2.45) is 0 Å². The van der Waals surface area contributed by atoms with E-state index in [1.54, 1.807) is 0 Å². The van der Waals surface area contributed by atoms with Crippen molar-refractivity contribution in [3.63, 3.8) is 0 Å². The third-order valence-electron chi connectivity index (χ3n) is 1.49. The van der Waals surface area contributed by atoms with Crippen LogP contribution in [0.5, 0.6) is 0 Å². The van der Waals surface area contributed by atoms with Gasteiger partial charge in [0, 0.05) is 11.3 Å². The van der Waals surface area contributed by atoms with Gasteiger partial charge in [-0.15, -0.1) is 0 Å². The monoisotopic (exact) mass is 193 g/mol. The van der Waals surface area contributed by atoms with Crippen molar-refractivity contribution in [3.8, 4) is 0 Å². The third kappa shape index (κ3) is 6.72. The van der Waals surface area contributed by atoms with Crippen LogP contribution in [-0.2, 0) is 11.3 Å². The Bertz CT molecular complexity index is 127. The maximum Gasteiger partial charge on any atom is 0.0589 e. The van der Waals surface area contributed by atoms with E-state index >= 15 is 0 Å². The molecule has 0 aliphatic rings. The summed E-state index contributed by atoms with van der Waals surface area (Å²) in [4.78, 5) is 2.08. The molecule has 0 spiro atoms. The van der Waals surface area contributed by atoms with Gasteiger partial charge >= 0.3 is 0 Å². The van der Waals surface area contributed by atoms with Gasteiger partial charge in [-0.25, -0.2) is 4.72 Å². The molecule has 1 atom stereocenters. The Morgan fingerprint density at radius 1 is 1.33 bits per heavy atom. The summed E-state index contributed by atoms with van der Waals surface area (Å²) >= 11 is -2.13. The standard InChI is InChI=1S/C7H18N2O2S/c1-3-5-9(6-4-2)7-8-12(10)11/h8H,3-7H2,1-2H3,(H,10,11)/p-1. The van der Waals surface area contributed by atoms with Gasteiger partial charge in [-0.2, -0.15) is 0 Å². The van der Waals surface area contributed by atoms with Crippen molar-refractivity contribution >= 4 is 11.3 Å². The zero-order chi connectivity index (χ0) is 9.40. The highest BCUT2D eigenvalue weighted by Crippen LogP contribution is 1.91. The highest BCUT2D eigenvalue weighted by Gasteiger charge is 2.00. The number of rotatable bonds is 7. The summed E-state index contributed by atoms with van der Waals surface area (Å²) in [5.41, 5.74) is 0. The van der Waals surface area contributed by atoms with E-state index in [9.17, 15) is 8.76 Å². The van der Waals surface area contributed by atoms with Gasteiger partial charge in [-0.1, -0.05) is 13.8 Å². The highest BCUT2D eigenvalue weighted by atomic mass is 32.2. The molecule has 0 aliphatic carbocycles. The summed E-state index contributed by atoms with van der Waals surface area (Å²) < 4.78 is 22.7. The molecular weight excluding hydrogens is 176 g/mol. The number of nitrogens with one attached hydrogen (secondary N) is 1. The molecule has 0 fully saturated rings. The van der Waals surface area contributed by atoms with Gasteiger partial charge in [0.05, 0.1) is 6.67 Å². The van der Waals surface area contributed by atoms with Crippen molar-refractivity contribution in [3.05, 3.63) is 0 Å². The van der Waals surface area contributed by atoms with Crippen LogP contribution in [0.15, 0.2) is 0 Å². The smallest absolute Gasteiger partial charge is 0.0589 e. The quantitative estimate of drug-likeness (QED) is 0.472. The molecule has 0 aromatic rings. The molecule has 0 rings (SSSR count). The molecule has 0 bridgehead atoms. The van der Waals surface area contributed by atoms with E-state index in [1.165, 1.54) is 0 Å². The maximum absolute atomic E-state index is 10.2. The van der Waals surface area contributed by atoms with Crippen LogP contribution in [0, 0.1) is 0 Å². The van der Waals surface area contributed by atoms with Crippen molar-refractivity contribution < 1.29 is 8.76 Å². The fourth-order valence-corrected chi connectivity index (χ4v) is 1.33. The van der Waals surface area contributed by atoms with Gasteiger partial charge in [-0.3, -0.25) is 9.11 Å².